The Hall–Kier alpha value is -0.800. The molecule has 6 heteroatoms. The fourth-order valence-electron chi connectivity index (χ4n) is 3.52. The number of hydrogen-bond donors (Lipinski definition) is 0. The highest BCUT2D eigenvalue weighted by Crippen LogP contribution is 2.18. The Morgan fingerprint density at radius 3 is 1.33 bits per heavy atom. The molecule has 0 atom stereocenters. The van der Waals surface area contributed by atoms with Crippen molar-refractivity contribution in [3.05, 3.63) is 0 Å². The van der Waals surface area contributed by atoms with E-state index in [2.05, 4.69) is 96.8 Å². The summed E-state index contributed by atoms with van der Waals surface area (Å²) in [4.78, 5) is 0. The lowest BCUT2D eigenvalue weighted by Crippen LogP contribution is -2.74. The smallest absolute Gasteiger partial charge is 0.296 e. The maximum absolute atomic E-state index is 5.21. The molecule has 0 aliphatic carbocycles. The lowest BCUT2D eigenvalue weighted by atomic mass is 9.55. The van der Waals surface area contributed by atoms with Crippen LogP contribution in [0.25, 0.3) is 0 Å². The zero-order valence-electron chi connectivity index (χ0n) is 18.4. The van der Waals surface area contributed by atoms with E-state index in [1.165, 1.54) is 5.71 Å². The summed E-state index contributed by atoms with van der Waals surface area (Å²) in [7, 11) is 0. The highest BCUT2D eigenvalue weighted by molar-refractivity contribution is 6.52. The van der Waals surface area contributed by atoms with Gasteiger partial charge in [0.25, 0.3) is 13.3 Å². The summed E-state index contributed by atoms with van der Waals surface area (Å²) in [6.45, 7) is 29.9. The van der Waals surface area contributed by atoms with Crippen molar-refractivity contribution in [3.63, 3.8) is 0 Å². The van der Waals surface area contributed by atoms with Gasteiger partial charge in [0.05, 0.1) is 18.8 Å². The van der Waals surface area contributed by atoms with E-state index in [4.69, 9.17) is 5.10 Å². The van der Waals surface area contributed by atoms with Crippen molar-refractivity contribution in [3.8, 4) is 0 Å². The number of rotatable bonds is 3. The lowest BCUT2D eigenvalue weighted by Gasteiger charge is -2.31. The number of hydrogen-bond acceptors (Lipinski definition) is 1. The molecule has 0 radical (unpaired) electrons. The predicted octanol–water partition coefficient (Wildman–Crippen LogP) is 2.93. The second-order valence-electron chi connectivity index (χ2n) is 10.3. The van der Waals surface area contributed by atoms with E-state index >= 15 is 0 Å². The molecule has 0 bridgehead atoms. The summed E-state index contributed by atoms with van der Waals surface area (Å²) in [5.74, 6) is 0. The molecule has 1 rings (SSSR count). The van der Waals surface area contributed by atoms with Gasteiger partial charge in [-0.15, -0.1) is 0 Å². The largest absolute Gasteiger partial charge is 0.539 e. The maximum Gasteiger partial charge on any atom is 0.296 e. The second-order valence-corrected chi connectivity index (χ2v) is 10.3. The molecular formula is C18H40B2N4. The topological polar surface area (TPSA) is 25.0 Å². The van der Waals surface area contributed by atoms with Crippen LogP contribution < -0.4 is 9.18 Å². The van der Waals surface area contributed by atoms with Crippen LogP contribution in [0.5, 0.6) is 0 Å². The quantitative estimate of drug-likeness (QED) is 0.760. The van der Waals surface area contributed by atoms with Crippen LogP contribution in [0.3, 0.4) is 0 Å². The number of nitrogens with zero attached hydrogens (tertiary/aromatic N) is 4. The van der Waals surface area contributed by atoms with Gasteiger partial charge in [-0.25, -0.2) is 0 Å². The summed E-state index contributed by atoms with van der Waals surface area (Å²) in [5.41, 5.74) is 1.28. The van der Waals surface area contributed by atoms with Crippen molar-refractivity contribution in [2.24, 2.45) is 10.5 Å². The molecule has 1 heterocycles. The van der Waals surface area contributed by atoms with Crippen LogP contribution in [-0.4, -0.2) is 23.5 Å². The third kappa shape index (κ3) is 4.23. The van der Waals surface area contributed by atoms with Gasteiger partial charge < -0.3 is 13.7 Å². The van der Waals surface area contributed by atoms with Gasteiger partial charge in [0.2, 0.25) is 0 Å². The molecule has 4 nitrogen and oxygen atoms in total. The number of aromatic nitrogens is 3. The summed E-state index contributed by atoms with van der Waals surface area (Å²) in [5, 5.41) is 5.44. The van der Waals surface area contributed by atoms with Gasteiger partial charge >= 0.3 is 0 Å². The SMILES string of the molecule is CC[n+]1[b-](C(C)(C)C)n(/N=C(\C)C(C)(C)C)[b-](C(C)(C)C)[n+]1CC. The Morgan fingerprint density at radius 2 is 1.12 bits per heavy atom. The summed E-state index contributed by atoms with van der Waals surface area (Å²) >= 11 is 0. The molecule has 1 aromatic heterocycles. The molecule has 138 valence electrons. The first-order valence-corrected chi connectivity index (χ1v) is 9.53. The molecule has 0 spiro atoms. The van der Waals surface area contributed by atoms with E-state index in [-0.39, 0.29) is 29.3 Å². The highest BCUT2D eigenvalue weighted by Gasteiger charge is 2.30. The molecule has 0 amide bonds. The Balaban J connectivity index is 3.99. The molecule has 24 heavy (non-hydrogen) atoms. The monoisotopic (exact) mass is 334 g/mol. The van der Waals surface area contributed by atoms with Gasteiger partial charge in [-0.2, -0.15) is 5.10 Å². The molecule has 0 saturated heterocycles. The first kappa shape index (κ1) is 21.2. The van der Waals surface area contributed by atoms with E-state index in [0.29, 0.717) is 0 Å². The van der Waals surface area contributed by atoms with Crippen LogP contribution in [-0.2, 0) is 23.7 Å². The van der Waals surface area contributed by atoms with Crippen LogP contribution in [0.1, 0.15) is 83.1 Å². The van der Waals surface area contributed by atoms with Crippen molar-refractivity contribution >= 4 is 19.0 Å². The van der Waals surface area contributed by atoms with E-state index < -0.39 is 0 Å². The fourth-order valence-corrected chi connectivity index (χ4v) is 3.52. The van der Waals surface area contributed by atoms with E-state index in [9.17, 15) is 0 Å². The third-order valence-corrected chi connectivity index (χ3v) is 4.94. The Bertz CT molecular complexity index is 584. The molecule has 0 fully saturated rings. The highest BCUT2D eigenvalue weighted by atomic mass is 15.5. The average molecular weight is 334 g/mol. The van der Waals surface area contributed by atoms with Gasteiger partial charge in [-0.05, 0) is 20.8 Å². The third-order valence-electron chi connectivity index (χ3n) is 4.94. The van der Waals surface area contributed by atoms with Gasteiger partial charge in [0, 0.05) is 5.41 Å². The summed E-state index contributed by atoms with van der Waals surface area (Å²) < 4.78 is 7.44. The van der Waals surface area contributed by atoms with Crippen molar-refractivity contribution in [2.45, 2.75) is 107 Å². The van der Waals surface area contributed by atoms with E-state index in [1.54, 1.807) is 0 Å². The minimum absolute atomic E-state index is 0.0849. The van der Waals surface area contributed by atoms with Crippen molar-refractivity contribution in [1.82, 2.24) is 4.49 Å². The van der Waals surface area contributed by atoms with Crippen LogP contribution in [0.2, 0.25) is 0 Å². The second kappa shape index (κ2) is 6.84. The molecule has 0 saturated carbocycles. The molecule has 0 unspecified atom stereocenters. The lowest BCUT2D eigenvalue weighted by molar-refractivity contribution is -1.21. The minimum atomic E-state index is 0.0849. The van der Waals surface area contributed by atoms with E-state index in [0.717, 1.165) is 13.1 Å². The predicted molar refractivity (Wildman–Crippen MR) is 106 cm³/mol. The summed E-state index contributed by atoms with van der Waals surface area (Å²) in [6, 6.07) is 0. The standard InChI is InChI=1S/C18H40B2N4/c1-13-22-19(17(7,8)9)24(21-15(3)16(4,5)6)20(18(10,11)12)23(22)14-2/h13-14H2,1-12H3/b21-15+. The van der Waals surface area contributed by atoms with Gasteiger partial charge in [0.15, 0.2) is 0 Å². The molecule has 0 aliphatic rings. The zero-order valence-corrected chi connectivity index (χ0v) is 18.4. The fraction of sp³-hybridized carbons (Fsp3) is 0.944. The van der Waals surface area contributed by atoms with Crippen molar-refractivity contribution in [2.75, 3.05) is 0 Å². The normalized spacial score (nSPS) is 14.4. The van der Waals surface area contributed by atoms with E-state index in [1.807, 2.05) is 0 Å². The molecular weight excluding hydrogens is 294 g/mol. The Labute approximate surface area is 150 Å². The van der Waals surface area contributed by atoms with Crippen molar-refractivity contribution in [1.29, 1.82) is 0 Å². The van der Waals surface area contributed by atoms with Crippen LogP contribution in [0, 0.1) is 5.41 Å². The molecule has 1 aromatic rings. The zero-order chi connectivity index (χ0) is 19.1. The van der Waals surface area contributed by atoms with Crippen LogP contribution in [0.15, 0.2) is 5.10 Å². The first-order valence-electron chi connectivity index (χ1n) is 9.53. The maximum atomic E-state index is 5.21. The van der Waals surface area contributed by atoms with Gasteiger partial charge in [-0.1, -0.05) is 72.9 Å². The molecule has 0 N–H and O–H groups in total. The summed E-state index contributed by atoms with van der Waals surface area (Å²) in [6.07, 6.45) is 0. The van der Waals surface area contributed by atoms with Crippen molar-refractivity contribution < 1.29 is 9.18 Å². The minimum Gasteiger partial charge on any atom is -0.539 e. The average Bonchev–Trinajstić information content (AvgIpc) is 2.70. The molecule has 0 aliphatic heterocycles. The molecule has 0 aromatic carbocycles. The first-order chi connectivity index (χ1) is 10.7. The van der Waals surface area contributed by atoms with Gasteiger partial charge in [0.1, 0.15) is 0 Å². The van der Waals surface area contributed by atoms with Crippen LogP contribution >= 0.6 is 0 Å². The van der Waals surface area contributed by atoms with Crippen LogP contribution in [0.4, 0.5) is 0 Å². The Kier molecular flexibility index (Phi) is 6.05. The van der Waals surface area contributed by atoms with Gasteiger partial charge in [-0.3, -0.25) is 0 Å². The Morgan fingerprint density at radius 1 is 0.792 bits per heavy atom.